The molecular formula is C12H12N4O. The number of carbonyl (C=O) groups is 1. The van der Waals surface area contributed by atoms with Crippen molar-refractivity contribution in [2.24, 2.45) is 0 Å². The Morgan fingerprint density at radius 2 is 1.88 bits per heavy atom. The average Bonchev–Trinajstić information content (AvgIpc) is 2.83. The van der Waals surface area contributed by atoms with Crippen LogP contribution in [0.3, 0.4) is 0 Å². The van der Waals surface area contributed by atoms with Gasteiger partial charge in [0.15, 0.2) is 0 Å². The minimum Gasteiger partial charge on any atom is -0.268 e. The Kier molecular flexibility index (Phi) is 3.30. The highest BCUT2D eigenvalue weighted by molar-refractivity contribution is 6.02. The zero-order valence-corrected chi connectivity index (χ0v) is 9.37. The molecule has 17 heavy (non-hydrogen) atoms. The first kappa shape index (κ1) is 11.1. The number of carbonyl (C=O) groups excluding carboxylic acids is 1. The summed E-state index contributed by atoms with van der Waals surface area (Å²) >= 11 is 0. The van der Waals surface area contributed by atoms with E-state index < -0.39 is 0 Å². The topological polar surface area (TPSA) is 59.8 Å². The van der Waals surface area contributed by atoms with Gasteiger partial charge in [-0.25, -0.2) is 4.68 Å². The molecule has 1 amide bonds. The lowest BCUT2D eigenvalue weighted by Crippen LogP contribution is -2.22. The van der Waals surface area contributed by atoms with Crippen molar-refractivity contribution in [1.29, 1.82) is 0 Å². The third-order valence-electron chi connectivity index (χ3n) is 2.19. The number of hydrogen-bond acceptors (Lipinski definition) is 3. The second kappa shape index (κ2) is 5.07. The first-order valence-electron chi connectivity index (χ1n) is 5.15. The van der Waals surface area contributed by atoms with Crippen LogP contribution in [0.5, 0.6) is 0 Å². The van der Waals surface area contributed by atoms with Gasteiger partial charge in [0.1, 0.15) is 12.7 Å². The standard InChI is InChI=1S/C12H12N4O/c1-10(7-11-5-3-2-4-6-11)12(17)15-16-8-13-14-9-16/h2-9H,1H3,(H,15,17). The van der Waals surface area contributed by atoms with Crippen molar-refractivity contribution in [2.45, 2.75) is 6.92 Å². The highest BCUT2D eigenvalue weighted by Gasteiger charge is 2.04. The minimum absolute atomic E-state index is 0.186. The SMILES string of the molecule is CC(=Cc1ccccc1)C(=O)Nn1cnnc1. The lowest BCUT2D eigenvalue weighted by molar-refractivity contribution is -0.113. The smallest absolute Gasteiger partial charge is 0.265 e. The molecule has 0 aliphatic carbocycles. The molecular weight excluding hydrogens is 216 g/mol. The van der Waals surface area contributed by atoms with Crippen molar-refractivity contribution in [3.05, 3.63) is 54.1 Å². The van der Waals surface area contributed by atoms with E-state index in [1.54, 1.807) is 6.92 Å². The monoisotopic (exact) mass is 228 g/mol. The summed E-state index contributed by atoms with van der Waals surface area (Å²) in [5, 5.41) is 7.19. The van der Waals surface area contributed by atoms with Crippen LogP contribution in [0, 0.1) is 0 Å². The molecule has 5 heteroatoms. The van der Waals surface area contributed by atoms with Gasteiger partial charge >= 0.3 is 0 Å². The average molecular weight is 228 g/mol. The minimum atomic E-state index is -0.186. The van der Waals surface area contributed by atoms with E-state index in [0.717, 1.165) is 5.56 Å². The Morgan fingerprint density at radius 1 is 1.24 bits per heavy atom. The molecule has 0 saturated carbocycles. The highest BCUT2D eigenvalue weighted by atomic mass is 16.2. The summed E-state index contributed by atoms with van der Waals surface area (Å²) in [5.74, 6) is -0.186. The van der Waals surface area contributed by atoms with Crippen LogP contribution in [0.4, 0.5) is 0 Å². The second-order valence-corrected chi connectivity index (χ2v) is 3.55. The van der Waals surface area contributed by atoms with E-state index in [9.17, 15) is 4.79 Å². The summed E-state index contributed by atoms with van der Waals surface area (Å²) in [6, 6.07) is 9.67. The molecule has 86 valence electrons. The van der Waals surface area contributed by atoms with Gasteiger partial charge in [-0.1, -0.05) is 30.3 Å². The van der Waals surface area contributed by atoms with Gasteiger partial charge in [-0.05, 0) is 18.6 Å². The summed E-state index contributed by atoms with van der Waals surface area (Å²) in [4.78, 5) is 11.8. The van der Waals surface area contributed by atoms with Crippen LogP contribution in [0.1, 0.15) is 12.5 Å². The molecule has 0 unspecified atom stereocenters. The number of benzene rings is 1. The summed E-state index contributed by atoms with van der Waals surface area (Å²) in [6.45, 7) is 1.76. The zero-order chi connectivity index (χ0) is 12.1. The molecule has 2 aromatic rings. The number of rotatable bonds is 3. The van der Waals surface area contributed by atoms with Crippen LogP contribution in [-0.4, -0.2) is 20.8 Å². The quantitative estimate of drug-likeness (QED) is 0.809. The molecule has 0 fully saturated rings. The van der Waals surface area contributed by atoms with Crippen molar-refractivity contribution < 1.29 is 4.79 Å². The maximum Gasteiger partial charge on any atom is 0.265 e. The predicted octanol–water partition coefficient (Wildman–Crippen LogP) is 1.45. The van der Waals surface area contributed by atoms with Gasteiger partial charge in [0.05, 0.1) is 0 Å². The van der Waals surface area contributed by atoms with Gasteiger partial charge in [0.2, 0.25) is 0 Å². The molecule has 0 spiro atoms. The maximum atomic E-state index is 11.8. The predicted molar refractivity (Wildman–Crippen MR) is 64.5 cm³/mol. The first-order chi connectivity index (χ1) is 8.25. The van der Waals surface area contributed by atoms with E-state index in [2.05, 4.69) is 15.6 Å². The van der Waals surface area contributed by atoms with E-state index in [-0.39, 0.29) is 5.91 Å². The molecule has 0 aliphatic rings. The van der Waals surface area contributed by atoms with Crippen LogP contribution in [0.25, 0.3) is 6.08 Å². The fourth-order valence-electron chi connectivity index (χ4n) is 1.33. The van der Waals surface area contributed by atoms with Gasteiger partial charge in [-0.3, -0.25) is 10.2 Å². The Morgan fingerprint density at radius 3 is 2.53 bits per heavy atom. The van der Waals surface area contributed by atoms with E-state index in [1.807, 2.05) is 36.4 Å². The van der Waals surface area contributed by atoms with Crippen molar-refractivity contribution >= 4 is 12.0 Å². The molecule has 5 nitrogen and oxygen atoms in total. The van der Waals surface area contributed by atoms with Crippen LogP contribution >= 0.6 is 0 Å². The molecule has 1 aromatic heterocycles. The number of nitrogens with one attached hydrogen (secondary N) is 1. The lowest BCUT2D eigenvalue weighted by Gasteiger charge is -2.04. The van der Waals surface area contributed by atoms with E-state index >= 15 is 0 Å². The van der Waals surface area contributed by atoms with Crippen LogP contribution in [-0.2, 0) is 4.79 Å². The van der Waals surface area contributed by atoms with E-state index in [1.165, 1.54) is 17.3 Å². The van der Waals surface area contributed by atoms with E-state index in [0.29, 0.717) is 5.57 Å². The Bertz CT molecular complexity index is 517. The lowest BCUT2D eigenvalue weighted by atomic mass is 10.1. The highest BCUT2D eigenvalue weighted by Crippen LogP contribution is 2.06. The molecule has 1 N–H and O–H groups in total. The largest absolute Gasteiger partial charge is 0.268 e. The molecule has 0 saturated heterocycles. The van der Waals surface area contributed by atoms with E-state index in [4.69, 9.17) is 0 Å². The molecule has 0 atom stereocenters. The van der Waals surface area contributed by atoms with Crippen molar-refractivity contribution in [2.75, 3.05) is 5.43 Å². The first-order valence-corrected chi connectivity index (χ1v) is 5.15. The van der Waals surface area contributed by atoms with Crippen molar-refractivity contribution in [3.63, 3.8) is 0 Å². The molecule has 1 heterocycles. The summed E-state index contributed by atoms with van der Waals surface area (Å²) in [5.41, 5.74) is 4.23. The van der Waals surface area contributed by atoms with Gasteiger partial charge in [0, 0.05) is 5.57 Å². The zero-order valence-electron chi connectivity index (χ0n) is 9.37. The van der Waals surface area contributed by atoms with Crippen LogP contribution < -0.4 is 5.43 Å². The fraction of sp³-hybridized carbons (Fsp3) is 0.0833. The Balaban J connectivity index is 2.07. The molecule has 0 bridgehead atoms. The molecule has 2 rings (SSSR count). The fourth-order valence-corrected chi connectivity index (χ4v) is 1.33. The number of hydrogen-bond donors (Lipinski definition) is 1. The van der Waals surface area contributed by atoms with Gasteiger partial charge in [-0.15, -0.1) is 10.2 Å². The van der Waals surface area contributed by atoms with Gasteiger partial charge in [-0.2, -0.15) is 0 Å². The molecule has 0 aliphatic heterocycles. The van der Waals surface area contributed by atoms with Crippen LogP contribution in [0.15, 0.2) is 48.6 Å². The normalized spacial score (nSPS) is 11.2. The van der Waals surface area contributed by atoms with Crippen molar-refractivity contribution in [1.82, 2.24) is 14.9 Å². The number of nitrogens with zero attached hydrogens (tertiary/aromatic N) is 3. The maximum absolute atomic E-state index is 11.8. The summed E-state index contributed by atoms with van der Waals surface area (Å²) < 4.78 is 1.41. The number of amides is 1. The van der Waals surface area contributed by atoms with Crippen LogP contribution in [0.2, 0.25) is 0 Å². The summed E-state index contributed by atoms with van der Waals surface area (Å²) in [6.07, 6.45) is 4.67. The third-order valence-corrected chi connectivity index (χ3v) is 2.19. The third kappa shape index (κ3) is 3.01. The van der Waals surface area contributed by atoms with Crippen molar-refractivity contribution in [3.8, 4) is 0 Å². The van der Waals surface area contributed by atoms with Gasteiger partial charge in [0.25, 0.3) is 5.91 Å². The molecule has 0 radical (unpaired) electrons. The second-order valence-electron chi connectivity index (χ2n) is 3.55. The molecule has 1 aromatic carbocycles. The Hall–Kier alpha value is -2.43. The Labute approximate surface area is 98.8 Å². The van der Waals surface area contributed by atoms with Gasteiger partial charge < -0.3 is 0 Å². The number of aromatic nitrogens is 3. The summed E-state index contributed by atoms with van der Waals surface area (Å²) in [7, 11) is 0.